The van der Waals surface area contributed by atoms with Gasteiger partial charge in [0.05, 0.1) is 5.02 Å². The van der Waals surface area contributed by atoms with Crippen LogP contribution in [-0.2, 0) is 16.0 Å². The Morgan fingerprint density at radius 3 is 2.70 bits per heavy atom. The van der Waals surface area contributed by atoms with Gasteiger partial charge in [-0.2, -0.15) is 0 Å². The molecule has 0 radical (unpaired) electrons. The molecule has 7 nitrogen and oxygen atoms in total. The molecular weight excluding hydrogens is 465 g/mol. The van der Waals surface area contributed by atoms with Crippen molar-refractivity contribution in [1.29, 1.82) is 0 Å². The molecular formula is C24H19Cl2N3O4. The Kier molecular flexibility index (Phi) is 6.53. The number of halogens is 2. The van der Waals surface area contributed by atoms with E-state index in [4.69, 9.17) is 27.6 Å². The van der Waals surface area contributed by atoms with E-state index in [-0.39, 0.29) is 5.70 Å². The second kappa shape index (κ2) is 9.52. The number of benzene rings is 2. The molecule has 3 aromatic rings. The molecule has 1 aliphatic heterocycles. The van der Waals surface area contributed by atoms with Gasteiger partial charge in [0.25, 0.3) is 5.91 Å². The van der Waals surface area contributed by atoms with Gasteiger partial charge in [0.15, 0.2) is 0 Å². The third-order valence-electron chi connectivity index (χ3n) is 5.04. The summed E-state index contributed by atoms with van der Waals surface area (Å²) in [4.78, 5) is 38.3. The molecule has 33 heavy (non-hydrogen) atoms. The van der Waals surface area contributed by atoms with E-state index in [1.807, 2.05) is 19.1 Å². The fourth-order valence-corrected chi connectivity index (χ4v) is 3.79. The second-order valence-corrected chi connectivity index (χ2v) is 8.11. The van der Waals surface area contributed by atoms with Crippen molar-refractivity contribution in [2.24, 2.45) is 0 Å². The summed E-state index contributed by atoms with van der Waals surface area (Å²) >= 11 is 12.2. The number of anilines is 1. The Labute approximate surface area is 200 Å². The van der Waals surface area contributed by atoms with Crippen molar-refractivity contribution >= 4 is 52.8 Å². The number of para-hydroxylation sites is 1. The first kappa shape index (κ1) is 22.6. The van der Waals surface area contributed by atoms with E-state index >= 15 is 0 Å². The smallest absolute Gasteiger partial charge is 0.329 e. The Bertz CT molecular complexity index is 1280. The number of carbonyl (C=O) groups excluding carboxylic acids is 3. The zero-order valence-electron chi connectivity index (χ0n) is 17.5. The maximum atomic E-state index is 12.7. The average Bonchev–Trinajstić information content (AvgIpc) is 3.36. The summed E-state index contributed by atoms with van der Waals surface area (Å²) in [6.45, 7) is 1.56. The van der Waals surface area contributed by atoms with E-state index in [0.29, 0.717) is 32.8 Å². The number of urea groups is 1. The van der Waals surface area contributed by atoms with Gasteiger partial charge in [-0.25, -0.2) is 9.69 Å². The van der Waals surface area contributed by atoms with Gasteiger partial charge in [0.2, 0.25) is 5.91 Å². The van der Waals surface area contributed by atoms with Gasteiger partial charge < -0.3 is 15.1 Å². The monoisotopic (exact) mass is 483 g/mol. The van der Waals surface area contributed by atoms with Gasteiger partial charge in [-0.3, -0.25) is 9.59 Å². The number of nitrogens with one attached hydrogen (secondary N) is 2. The van der Waals surface area contributed by atoms with Crippen LogP contribution in [0.4, 0.5) is 10.5 Å². The van der Waals surface area contributed by atoms with Crippen LogP contribution in [0.5, 0.6) is 0 Å². The fraction of sp³-hybridized carbons (Fsp3) is 0.125. The lowest BCUT2D eigenvalue weighted by Crippen LogP contribution is -2.38. The number of nitrogens with zero attached hydrogens (tertiary/aromatic N) is 1. The molecule has 0 bridgehead atoms. The van der Waals surface area contributed by atoms with Crippen LogP contribution in [0.1, 0.15) is 18.2 Å². The van der Waals surface area contributed by atoms with Gasteiger partial charge in [-0.15, -0.1) is 0 Å². The molecule has 1 aliphatic rings. The zero-order valence-corrected chi connectivity index (χ0v) is 19.0. The zero-order chi connectivity index (χ0) is 23.5. The number of imide groups is 1. The molecule has 9 heteroatoms. The lowest BCUT2D eigenvalue weighted by atomic mass is 10.1. The minimum atomic E-state index is -0.685. The second-order valence-electron chi connectivity index (χ2n) is 7.26. The highest BCUT2D eigenvalue weighted by atomic mass is 35.5. The lowest BCUT2D eigenvalue weighted by Gasteiger charge is -2.13. The maximum absolute atomic E-state index is 12.7. The van der Waals surface area contributed by atoms with Crippen LogP contribution in [0.3, 0.4) is 0 Å². The predicted octanol–water partition coefficient (Wildman–Crippen LogP) is 5.35. The van der Waals surface area contributed by atoms with E-state index in [9.17, 15) is 14.4 Å². The number of hydrogen-bond donors (Lipinski definition) is 2. The Morgan fingerprint density at radius 2 is 1.91 bits per heavy atom. The van der Waals surface area contributed by atoms with Crippen molar-refractivity contribution in [3.63, 3.8) is 0 Å². The number of aryl methyl sites for hydroxylation is 1. The van der Waals surface area contributed by atoms with Crippen LogP contribution >= 0.6 is 23.2 Å². The summed E-state index contributed by atoms with van der Waals surface area (Å²) in [5.74, 6) is -0.320. The molecule has 2 aromatic carbocycles. The summed E-state index contributed by atoms with van der Waals surface area (Å²) in [6, 6.07) is 15.0. The molecule has 4 amide bonds. The van der Waals surface area contributed by atoms with Crippen LogP contribution < -0.4 is 10.6 Å². The van der Waals surface area contributed by atoms with Crippen molar-refractivity contribution in [2.45, 2.75) is 13.3 Å². The molecule has 4 rings (SSSR count). The number of furan rings is 1. The molecule has 0 aliphatic carbocycles. The summed E-state index contributed by atoms with van der Waals surface area (Å²) in [6.07, 6.45) is 2.13. The molecule has 0 spiro atoms. The standard InChI is InChI=1S/C24H19Cl2N3O4/c1-2-14-5-3-4-6-19(14)27-22(30)13-29-23(31)20(28-24(29)32)12-16-8-10-21(33-16)17-11-15(25)7-9-18(17)26/h3-12H,2,13H2,1H3,(H,27,30)(H,28,32)/b20-12+. The van der Waals surface area contributed by atoms with Gasteiger partial charge >= 0.3 is 6.03 Å². The third-order valence-corrected chi connectivity index (χ3v) is 5.61. The molecule has 0 unspecified atom stereocenters. The molecule has 1 saturated heterocycles. The van der Waals surface area contributed by atoms with Crippen LogP contribution in [0.15, 0.2) is 64.7 Å². The normalized spacial score (nSPS) is 14.6. The lowest BCUT2D eigenvalue weighted by molar-refractivity contribution is -0.127. The van der Waals surface area contributed by atoms with Gasteiger partial charge in [0.1, 0.15) is 23.8 Å². The minimum absolute atomic E-state index is 0.000139. The van der Waals surface area contributed by atoms with Gasteiger partial charge in [-0.05, 0) is 48.4 Å². The van der Waals surface area contributed by atoms with E-state index < -0.39 is 24.4 Å². The summed E-state index contributed by atoms with van der Waals surface area (Å²) in [5, 5.41) is 6.18. The van der Waals surface area contributed by atoms with E-state index in [2.05, 4.69) is 10.6 Å². The van der Waals surface area contributed by atoms with Gasteiger partial charge in [0, 0.05) is 22.3 Å². The summed E-state index contributed by atoms with van der Waals surface area (Å²) in [5.41, 5.74) is 2.20. The average molecular weight is 484 g/mol. The predicted molar refractivity (Wildman–Crippen MR) is 127 cm³/mol. The largest absolute Gasteiger partial charge is 0.457 e. The van der Waals surface area contributed by atoms with Crippen LogP contribution in [0.2, 0.25) is 10.0 Å². The van der Waals surface area contributed by atoms with Crippen LogP contribution in [0.25, 0.3) is 17.4 Å². The molecule has 0 saturated carbocycles. The first-order valence-corrected chi connectivity index (χ1v) is 10.9. The summed E-state index contributed by atoms with van der Waals surface area (Å²) < 4.78 is 5.75. The number of rotatable bonds is 6. The van der Waals surface area contributed by atoms with Gasteiger partial charge in [-0.1, -0.05) is 48.3 Å². The first-order chi connectivity index (χ1) is 15.9. The SMILES string of the molecule is CCc1ccccc1NC(=O)CN1C(=O)N/C(=C/c2ccc(-c3cc(Cl)ccc3Cl)o2)C1=O. The summed E-state index contributed by atoms with van der Waals surface area (Å²) in [7, 11) is 0. The Hall–Kier alpha value is -3.55. The fourth-order valence-electron chi connectivity index (χ4n) is 3.40. The molecule has 1 fully saturated rings. The molecule has 2 N–H and O–H groups in total. The molecule has 168 valence electrons. The highest BCUT2D eigenvalue weighted by molar-refractivity contribution is 6.35. The minimum Gasteiger partial charge on any atom is -0.457 e. The molecule has 1 aromatic heterocycles. The quantitative estimate of drug-likeness (QED) is 0.365. The first-order valence-electron chi connectivity index (χ1n) is 10.1. The number of hydrogen-bond acceptors (Lipinski definition) is 4. The van der Waals surface area contributed by atoms with Crippen molar-refractivity contribution in [1.82, 2.24) is 10.2 Å². The van der Waals surface area contributed by atoms with Crippen molar-refractivity contribution in [2.75, 3.05) is 11.9 Å². The van der Waals surface area contributed by atoms with E-state index in [0.717, 1.165) is 16.9 Å². The number of carbonyl (C=O) groups is 3. The van der Waals surface area contributed by atoms with E-state index in [1.165, 1.54) is 6.08 Å². The Balaban J connectivity index is 1.47. The highest BCUT2D eigenvalue weighted by Gasteiger charge is 2.35. The van der Waals surface area contributed by atoms with Crippen molar-refractivity contribution < 1.29 is 18.8 Å². The third kappa shape index (κ3) is 4.94. The molecule has 2 heterocycles. The van der Waals surface area contributed by atoms with Crippen LogP contribution in [0, 0.1) is 0 Å². The van der Waals surface area contributed by atoms with Crippen molar-refractivity contribution in [3.05, 3.63) is 81.7 Å². The Morgan fingerprint density at radius 1 is 1.12 bits per heavy atom. The van der Waals surface area contributed by atoms with Crippen molar-refractivity contribution in [3.8, 4) is 11.3 Å². The number of amides is 4. The van der Waals surface area contributed by atoms with E-state index in [1.54, 1.807) is 42.5 Å². The molecule has 0 atom stereocenters. The maximum Gasteiger partial charge on any atom is 0.329 e. The highest BCUT2D eigenvalue weighted by Crippen LogP contribution is 2.32. The topological polar surface area (TPSA) is 91.7 Å². The van der Waals surface area contributed by atoms with Crippen LogP contribution in [-0.4, -0.2) is 29.3 Å².